The van der Waals surface area contributed by atoms with Crippen LogP contribution in [0.2, 0.25) is 4.34 Å². The van der Waals surface area contributed by atoms with Gasteiger partial charge in [0, 0.05) is 17.8 Å². The van der Waals surface area contributed by atoms with E-state index in [1.807, 2.05) is 28.6 Å². The molecule has 156 valence electrons. The first-order valence-corrected chi connectivity index (χ1v) is 11.4. The lowest BCUT2D eigenvalue weighted by atomic mass is 9.80. The summed E-state index contributed by atoms with van der Waals surface area (Å²) < 4.78 is 2.79. The quantitative estimate of drug-likeness (QED) is 0.766. The molecule has 2 aromatic rings. The van der Waals surface area contributed by atoms with Gasteiger partial charge in [-0.05, 0) is 62.6 Å². The SMILES string of the molecule is Cc1nn(Cc2ccc(Cl)s2)c2c1CCN(C(=O)CC1CCC(C(=O)O)CC1)C2. The van der Waals surface area contributed by atoms with Crippen LogP contribution < -0.4 is 0 Å². The lowest BCUT2D eigenvalue weighted by Gasteiger charge is -2.31. The summed E-state index contributed by atoms with van der Waals surface area (Å²) in [5, 5.41) is 13.9. The van der Waals surface area contributed by atoms with Crippen molar-refractivity contribution in [3.8, 4) is 0 Å². The molecule has 0 saturated heterocycles. The van der Waals surface area contributed by atoms with E-state index in [-0.39, 0.29) is 11.8 Å². The number of carbonyl (C=O) groups excluding carboxylic acids is 1. The van der Waals surface area contributed by atoms with Gasteiger partial charge in [0.25, 0.3) is 0 Å². The van der Waals surface area contributed by atoms with E-state index in [1.54, 1.807) is 11.3 Å². The van der Waals surface area contributed by atoms with Gasteiger partial charge in [-0.25, -0.2) is 0 Å². The molecule has 0 radical (unpaired) electrons. The van der Waals surface area contributed by atoms with Crippen molar-refractivity contribution < 1.29 is 14.7 Å². The van der Waals surface area contributed by atoms with Crippen molar-refractivity contribution >= 4 is 34.8 Å². The highest BCUT2D eigenvalue weighted by molar-refractivity contribution is 7.16. The molecule has 6 nitrogen and oxygen atoms in total. The summed E-state index contributed by atoms with van der Waals surface area (Å²) in [4.78, 5) is 27.2. The van der Waals surface area contributed by atoms with E-state index in [2.05, 4.69) is 0 Å². The predicted octanol–water partition coefficient (Wildman–Crippen LogP) is 4.12. The molecule has 4 rings (SSSR count). The molecule has 0 spiro atoms. The topological polar surface area (TPSA) is 75.4 Å². The Balaban J connectivity index is 1.40. The van der Waals surface area contributed by atoms with Gasteiger partial charge in [0.05, 0.1) is 34.7 Å². The Labute approximate surface area is 179 Å². The van der Waals surface area contributed by atoms with Crippen LogP contribution in [0.15, 0.2) is 12.1 Å². The van der Waals surface area contributed by atoms with Gasteiger partial charge in [0.15, 0.2) is 0 Å². The monoisotopic (exact) mass is 435 g/mol. The molecule has 2 aromatic heterocycles. The molecule has 8 heteroatoms. The molecule has 0 atom stereocenters. The second-order valence-electron chi connectivity index (χ2n) is 8.20. The van der Waals surface area contributed by atoms with Crippen LogP contribution in [0.25, 0.3) is 0 Å². The Morgan fingerprint density at radius 2 is 2.03 bits per heavy atom. The van der Waals surface area contributed by atoms with Crippen molar-refractivity contribution in [3.63, 3.8) is 0 Å². The van der Waals surface area contributed by atoms with Crippen molar-refractivity contribution in [3.05, 3.63) is 38.3 Å². The number of rotatable bonds is 5. The fourth-order valence-corrected chi connectivity index (χ4v) is 5.66. The number of carboxylic acid groups (broad SMARTS) is 1. The normalized spacial score (nSPS) is 21.8. The van der Waals surface area contributed by atoms with Crippen molar-refractivity contribution in [2.45, 2.75) is 58.5 Å². The molecular formula is C21H26ClN3O3S. The second kappa shape index (κ2) is 8.48. The Bertz CT molecular complexity index is 914. The number of aryl methyl sites for hydroxylation is 1. The maximum atomic E-state index is 12.9. The van der Waals surface area contributed by atoms with E-state index in [0.717, 1.165) is 46.4 Å². The zero-order chi connectivity index (χ0) is 20.5. The molecule has 1 fully saturated rings. The first-order chi connectivity index (χ1) is 13.9. The second-order valence-corrected chi connectivity index (χ2v) is 10.00. The number of carboxylic acids is 1. The van der Waals surface area contributed by atoms with Crippen molar-refractivity contribution in [1.29, 1.82) is 0 Å². The van der Waals surface area contributed by atoms with E-state index in [1.165, 1.54) is 5.56 Å². The van der Waals surface area contributed by atoms with Crippen LogP contribution in [0.5, 0.6) is 0 Å². The summed E-state index contributed by atoms with van der Waals surface area (Å²) in [5.41, 5.74) is 3.43. The number of halogens is 1. The van der Waals surface area contributed by atoms with Crippen molar-refractivity contribution in [2.24, 2.45) is 11.8 Å². The molecule has 29 heavy (non-hydrogen) atoms. The first kappa shape index (κ1) is 20.4. The summed E-state index contributed by atoms with van der Waals surface area (Å²) in [6.07, 6.45) is 4.40. The molecular weight excluding hydrogens is 410 g/mol. The van der Waals surface area contributed by atoms with Gasteiger partial charge in [-0.1, -0.05) is 11.6 Å². The standard InChI is InChI=1S/C21H26ClN3O3S/c1-13-17-8-9-24(20(26)10-14-2-4-15(5-3-14)21(27)28)12-18(17)25(23-13)11-16-6-7-19(22)29-16/h6-7,14-15H,2-5,8-12H2,1H3,(H,27,28). The third-order valence-electron chi connectivity index (χ3n) is 6.29. The molecule has 3 heterocycles. The maximum absolute atomic E-state index is 12.9. The molecule has 1 N–H and O–H groups in total. The molecule has 1 amide bonds. The molecule has 1 saturated carbocycles. The predicted molar refractivity (Wildman–Crippen MR) is 112 cm³/mol. The average molecular weight is 436 g/mol. The number of hydrogen-bond acceptors (Lipinski definition) is 4. The lowest BCUT2D eigenvalue weighted by Crippen LogP contribution is -2.38. The Hall–Kier alpha value is -1.86. The van der Waals surface area contributed by atoms with Gasteiger partial charge in [-0.2, -0.15) is 5.10 Å². The minimum atomic E-state index is -0.700. The van der Waals surface area contributed by atoms with Crippen molar-refractivity contribution in [2.75, 3.05) is 6.54 Å². The first-order valence-electron chi connectivity index (χ1n) is 10.2. The number of thiophene rings is 1. The Morgan fingerprint density at radius 1 is 1.28 bits per heavy atom. The van der Waals surface area contributed by atoms with Gasteiger partial charge in [0.2, 0.25) is 5.91 Å². The Morgan fingerprint density at radius 3 is 2.69 bits per heavy atom. The third-order valence-corrected chi connectivity index (χ3v) is 7.50. The van der Waals surface area contributed by atoms with Gasteiger partial charge in [0.1, 0.15) is 0 Å². The van der Waals surface area contributed by atoms with Gasteiger partial charge in [-0.3, -0.25) is 14.3 Å². The molecule has 1 aliphatic carbocycles. The minimum absolute atomic E-state index is 0.180. The zero-order valence-corrected chi connectivity index (χ0v) is 18.1. The number of aliphatic carboxylic acids is 1. The van der Waals surface area contributed by atoms with E-state index < -0.39 is 5.97 Å². The highest BCUT2D eigenvalue weighted by Gasteiger charge is 2.30. The largest absolute Gasteiger partial charge is 0.481 e. The number of carbonyl (C=O) groups is 2. The third kappa shape index (κ3) is 4.51. The molecule has 0 bridgehead atoms. The summed E-state index contributed by atoms with van der Waals surface area (Å²) in [5.74, 6) is -0.450. The van der Waals surface area contributed by atoms with Crippen LogP contribution in [0.1, 0.15) is 53.9 Å². The number of amides is 1. The van der Waals surface area contributed by atoms with Gasteiger partial charge < -0.3 is 10.0 Å². The number of fused-ring (bicyclic) bond motifs is 1. The average Bonchev–Trinajstić information content (AvgIpc) is 3.25. The van der Waals surface area contributed by atoms with Gasteiger partial charge >= 0.3 is 5.97 Å². The smallest absolute Gasteiger partial charge is 0.306 e. The highest BCUT2D eigenvalue weighted by atomic mass is 35.5. The number of aromatic nitrogens is 2. The van der Waals surface area contributed by atoms with Gasteiger partial charge in [-0.15, -0.1) is 11.3 Å². The molecule has 0 aromatic carbocycles. The van der Waals surface area contributed by atoms with E-state index in [4.69, 9.17) is 21.8 Å². The van der Waals surface area contributed by atoms with E-state index >= 15 is 0 Å². The Kier molecular flexibility index (Phi) is 5.97. The summed E-state index contributed by atoms with van der Waals surface area (Å²) in [6.45, 7) is 4.04. The fourth-order valence-electron chi connectivity index (χ4n) is 4.59. The molecule has 1 aliphatic heterocycles. The summed E-state index contributed by atoms with van der Waals surface area (Å²) >= 11 is 7.62. The van der Waals surface area contributed by atoms with Crippen LogP contribution in [-0.4, -0.2) is 38.2 Å². The number of nitrogens with zero attached hydrogens (tertiary/aromatic N) is 3. The highest BCUT2D eigenvalue weighted by Crippen LogP contribution is 2.32. The van der Waals surface area contributed by atoms with E-state index in [0.29, 0.717) is 38.3 Å². The van der Waals surface area contributed by atoms with Crippen LogP contribution >= 0.6 is 22.9 Å². The lowest BCUT2D eigenvalue weighted by molar-refractivity contribution is -0.143. The van der Waals surface area contributed by atoms with Crippen LogP contribution in [0.4, 0.5) is 0 Å². The minimum Gasteiger partial charge on any atom is -0.481 e. The van der Waals surface area contributed by atoms with Crippen LogP contribution in [0.3, 0.4) is 0 Å². The van der Waals surface area contributed by atoms with Crippen molar-refractivity contribution in [1.82, 2.24) is 14.7 Å². The van der Waals surface area contributed by atoms with Crippen LogP contribution in [0, 0.1) is 18.8 Å². The maximum Gasteiger partial charge on any atom is 0.306 e. The summed E-state index contributed by atoms with van der Waals surface area (Å²) in [6, 6.07) is 3.93. The van der Waals surface area contributed by atoms with Crippen LogP contribution in [-0.2, 0) is 29.1 Å². The fraction of sp³-hybridized carbons (Fsp3) is 0.571. The number of hydrogen-bond donors (Lipinski definition) is 1. The molecule has 2 aliphatic rings. The molecule has 0 unspecified atom stereocenters. The zero-order valence-electron chi connectivity index (χ0n) is 16.6. The van der Waals surface area contributed by atoms with E-state index in [9.17, 15) is 9.59 Å². The summed E-state index contributed by atoms with van der Waals surface area (Å²) in [7, 11) is 0.